The number of carbonyl (C=O) groups excluding carboxylic acids is 10. The molecule has 6 aliphatic heterocycles. The van der Waals surface area contributed by atoms with Crippen molar-refractivity contribution in [2.75, 3.05) is 65.4 Å². The van der Waals surface area contributed by atoms with Gasteiger partial charge in [-0.15, -0.1) is 0 Å². The van der Waals surface area contributed by atoms with Crippen LogP contribution >= 0.6 is 69.6 Å². The second-order valence-corrected chi connectivity index (χ2v) is 41.8. The number of amides is 5. The van der Waals surface area contributed by atoms with Crippen LogP contribution in [0, 0.1) is 17.1 Å². The van der Waals surface area contributed by atoms with Crippen LogP contribution in [0.1, 0.15) is 196 Å². The van der Waals surface area contributed by atoms with E-state index in [-0.39, 0.29) is 60.0 Å². The molecule has 5 saturated heterocycles. The Labute approximate surface area is 866 Å². The second kappa shape index (κ2) is 44.3. The fraction of sp³-hybridized carbons (Fsp3) is 0.378. The van der Waals surface area contributed by atoms with Crippen LogP contribution in [0.4, 0.5) is 43.9 Å². The maximum atomic E-state index is 14.2. The predicted molar refractivity (Wildman–Crippen MR) is 529 cm³/mol. The average Bonchev–Trinajstić information content (AvgIpc) is 1.58. The molecule has 0 unspecified atom stereocenters. The molecule has 10 aromatic rings. The molecule has 5 amide bonds. The first-order valence-corrected chi connectivity index (χ1v) is 50.5. The predicted octanol–water partition coefficient (Wildman–Crippen LogP) is 21.8. The fourth-order valence-corrected chi connectivity index (χ4v) is 23.2. The molecule has 0 saturated carbocycles. The molecule has 5 spiro atoms. The van der Waals surface area contributed by atoms with Gasteiger partial charge < -0.3 is 29.2 Å². The summed E-state index contributed by atoms with van der Waals surface area (Å²) >= 11 is 35.3. The summed E-state index contributed by atoms with van der Waals surface area (Å²) in [4.78, 5) is 141. The molecule has 8 heterocycles. The molecule has 0 bridgehead atoms. The number of piperidine rings is 5. The number of halogens is 16. The topological polar surface area (TPSA) is 246 Å². The Bertz CT molecular complexity index is 6540. The molecule has 19 nitrogen and oxygen atoms in total. The van der Waals surface area contributed by atoms with Crippen LogP contribution in [-0.2, 0) is 163 Å². The van der Waals surface area contributed by atoms with Crippen LogP contribution in [0.5, 0.6) is 0 Å². The van der Waals surface area contributed by atoms with Crippen molar-refractivity contribution in [1.82, 2.24) is 34.5 Å². The molecule has 5 fully saturated rings. The Kier molecular flexibility index (Phi) is 32.5. The number of nitriles is 1. The fourth-order valence-electron chi connectivity index (χ4n) is 22.4. The lowest BCUT2D eigenvalue weighted by Crippen LogP contribution is -2.47. The van der Waals surface area contributed by atoms with E-state index < -0.39 is 98.8 Å². The number of fused-ring (bicyclic) bond motifs is 10. The van der Waals surface area contributed by atoms with Gasteiger partial charge in [0.25, 0.3) is 29.5 Å². The van der Waals surface area contributed by atoms with Crippen LogP contribution in [0.3, 0.4) is 0 Å². The number of likely N-dealkylation sites (tertiary alicyclic amines) is 5. The van der Waals surface area contributed by atoms with Crippen LogP contribution in [0.2, 0.25) is 30.1 Å². The number of carbonyl (C=O) groups is 10. The number of ketones is 5. The molecule has 20 rings (SSSR count). The molecule has 35 heteroatoms. The number of alkyl halides is 9. The molecular weight excluding hydrogens is 2020 g/mol. The summed E-state index contributed by atoms with van der Waals surface area (Å²) in [6.07, 6.45) is 1.99. The summed E-state index contributed by atoms with van der Waals surface area (Å²) in [5.74, 6) is -6.05. The number of hydrogen-bond acceptors (Lipinski definition) is 14. The van der Waals surface area contributed by atoms with Crippen molar-refractivity contribution in [3.05, 3.63) is 336 Å². The molecule has 8 aromatic carbocycles. The van der Waals surface area contributed by atoms with Crippen molar-refractivity contribution in [2.24, 2.45) is 0 Å². The van der Waals surface area contributed by atoms with Crippen molar-refractivity contribution in [1.29, 1.82) is 5.26 Å². The minimum Gasteiger partial charge on any atom is -0.365 e. The molecular formula is C111H100Cl6F10N8O11. The number of Topliss-reactive ketones (excluding diaryl/α,β-unsaturated/α-hetero) is 5. The van der Waals surface area contributed by atoms with Gasteiger partial charge in [0.2, 0.25) is 28.9 Å². The molecule has 146 heavy (non-hydrogen) atoms. The van der Waals surface area contributed by atoms with Crippen molar-refractivity contribution in [2.45, 2.75) is 200 Å². The van der Waals surface area contributed by atoms with Gasteiger partial charge in [-0.3, -0.25) is 57.9 Å². The van der Waals surface area contributed by atoms with Gasteiger partial charge in [0.15, 0.2) is 0 Å². The van der Waals surface area contributed by atoms with Crippen molar-refractivity contribution in [3.63, 3.8) is 0 Å². The zero-order valence-electron chi connectivity index (χ0n) is 79.1. The maximum absolute atomic E-state index is 14.2. The van der Waals surface area contributed by atoms with E-state index in [1.165, 1.54) is 40.6 Å². The first kappa shape index (κ1) is 107. The standard InChI is InChI=1S/C23H20ClF4NO2.C23H21ClF3NO2.C23H21ClN2O2.C22H20ClF3N2O2.C20H18Cl2N2O3/c24-16-3-1-14(2-4-16)11-20(30)21(31)29-9-7-22(8-10-29)6-5-15-12-18(23(26,27)28)19(25)13-17(15)22;24-18-4-1-15(2-5-18)13-20(29)21(30)28-11-9-22(10-12-28)8-7-16-14-17(23(25,26)27)3-6-19(16)22;24-19-4-1-16(2-5-19)14-21(27)22(28)26-11-9-23(10-12-26)8-7-18-13-17(15-25)3-6-20(18)23;23-16-2-3-17(27-13-16)12-19(29)20(30)28-9-7-21(8-10-28)6-5-14-11-15(22(24,25)26)1-4-18(14)21;21-14-2-1-13-12-27-20(17(13)9-14)5-7-24(8-6-20)19(26)18(25)10-16-4-3-15(22)11-23-16/h1-4,12-13H,5-11H2;1-6,14H,7-13H2;1-6,13H,7-12,14H2;1-4,11,13H,5-10,12H2;1-4,9,11H,5-8,10,12H2. The van der Waals surface area contributed by atoms with Gasteiger partial charge in [-0.05, 0) is 331 Å². The first-order chi connectivity index (χ1) is 69.4. The molecule has 10 aliphatic rings. The third kappa shape index (κ3) is 24.3. The summed E-state index contributed by atoms with van der Waals surface area (Å²) in [6.45, 7) is 5.04. The first-order valence-electron chi connectivity index (χ1n) is 48.2. The van der Waals surface area contributed by atoms with E-state index in [1.54, 1.807) is 129 Å². The number of rotatable bonds is 15. The highest BCUT2D eigenvalue weighted by Crippen LogP contribution is 2.54. The molecule has 2 aromatic heterocycles. The summed E-state index contributed by atoms with van der Waals surface area (Å²) in [5, 5.41) is 12.5. The van der Waals surface area contributed by atoms with Gasteiger partial charge in [-0.1, -0.05) is 130 Å². The van der Waals surface area contributed by atoms with E-state index in [0.717, 1.165) is 107 Å². The minimum absolute atomic E-state index is 0.0212. The number of nitrogens with zero attached hydrogens (tertiary/aromatic N) is 8. The molecule has 0 N–H and O–H groups in total. The number of aromatic nitrogens is 2. The van der Waals surface area contributed by atoms with Gasteiger partial charge >= 0.3 is 18.5 Å². The monoisotopic (exact) mass is 2120 g/mol. The lowest BCUT2D eigenvalue weighted by atomic mass is 9.73. The molecule has 762 valence electrons. The van der Waals surface area contributed by atoms with Gasteiger partial charge in [-0.2, -0.15) is 44.8 Å². The Morgan fingerprint density at radius 1 is 0.315 bits per heavy atom. The number of aryl methyl sites for hydroxylation is 4. The second-order valence-electron chi connectivity index (χ2n) is 39.2. The third-order valence-electron chi connectivity index (χ3n) is 30.6. The lowest BCUT2D eigenvalue weighted by molar-refractivity contribution is -0.149. The van der Waals surface area contributed by atoms with E-state index >= 15 is 0 Å². The van der Waals surface area contributed by atoms with Crippen molar-refractivity contribution in [3.8, 4) is 6.07 Å². The smallest absolute Gasteiger partial charge is 0.365 e. The highest BCUT2D eigenvalue weighted by molar-refractivity contribution is 6.39. The van der Waals surface area contributed by atoms with Crippen LogP contribution in [0.15, 0.2) is 194 Å². The van der Waals surface area contributed by atoms with Crippen LogP contribution in [0.25, 0.3) is 0 Å². The number of benzene rings is 8. The number of pyridine rings is 2. The Balaban J connectivity index is 0.000000131. The van der Waals surface area contributed by atoms with Crippen LogP contribution in [-0.4, -0.2) is 158 Å². The van der Waals surface area contributed by atoms with E-state index in [4.69, 9.17) is 79.6 Å². The van der Waals surface area contributed by atoms with E-state index in [0.29, 0.717) is 213 Å². The van der Waals surface area contributed by atoms with Gasteiger partial charge in [0.05, 0.1) is 63.4 Å². The summed E-state index contributed by atoms with van der Waals surface area (Å²) < 4.78 is 137. The zero-order valence-corrected chi connectivity index (χ0v) is 83.7. The van der Waals surface area contributed by atoms with E-state index in [1.807, 2.05) is 30.3 Å². The highest BCUT2D eigenvalue weighted by Gasteiger charge is 2.51. The molecule has 4 aliphatic carbocycles. The Morgan fingerprint density at radius 2 is 0.623 bits per heavy atom. The summed E-state index contributed by atoms with van der Waals surface area (Å²) in [7, 11) is 0. The van der Waals surface area contributed by atoms with Crippen LogP contribution < -0.4 is 0 Å². The minimum atomic E-state index is -4.73. The van der Waals surface area contributed by atoms with E-state index in [9.17, 15) is 91.8 Å². The van der Waals surface area contributed by atoms with Gasteiger partial charge in [0, 0.05) is 129 Å². The Hall–Kier alpha value is -11.8. The average molecular weight is 2120 g/mol. The molecule has 0 atom stereocenters. The summed E-state index contributed by atoms with van der Waals surface area (Å²) in [6, 6.07) is 51.0. The maximum Gasteiger partial charge on any atom is 0.419 e. The normalized spacial score (nSPS) is 17.7. The third-order valence-corrected chi connectivity index (χ3v) is 32.1. The number of ether oxygens (including phenoxy) is 1. The van der Waals surface area contributed by atoms with E-state index in [2.05, 4.69) is 22.1 Å². The van der Waals surface area contributed by atoms with Gasteiger partial charge in [-0.25, -0.2) is 4.39 Å². The quantitative estimate of drug-likeness (QED) is 0.0684. The lowest BCUT2D eigenvalue weighted by Gasteiger charge is -2.40. The molecule has 0 radical (unpaired) electrons. The SMILES string of the molecule is N#Cc1ccc2c(c1)CCC21CCN(C(=O)C(=O)Cc2ccc(Cl)cc2)CC1.O=C(Cc1ccc(Cl)cc1)C(=O)N1CCC2(CCc3cc(C(F)(F)F)c(F)cc32)CC1.O=C(Cc1ccc(Cl)cc1)C(=O)N1CCC2(CCc3cc(C(F)(F)F)ccc32)CC1.O=C(Cc1ccc(Cl)cn1)C(=O)N1CCC2(CC1)OCc1ccc(Cl)cc12.O=C(Cc1ccc(Cl)cn1)C(=O)N1CCC2(CCc3cc(C(F)(F)F)ccc32)CC1. The summed E-state index contributed by atoms with van der Waals surface area (Å²) in [5.41, 5.74) is 9.70. The largest absolute Gasteiger partial charge is 0.419 e. The van der Waals surface area contributed by atoms with Gasteiger partial charge in [0.1, 0.15) is 5.82 Å². The Morgan fingerprint density at radius 3 is 0.952 bits per heavy atom. The van der Waals surface area contributed by atoms with Crippen molar-refractivity contribution >= 4 is 128 Å². The highest BCUT2D eigenvalue weighted by atomic mass is 35.5. The zero-order chi connectivity index (χ0) is 104. The van der Waals surface area contributed by atoms with Crippen molar-refractivity contribution < 1.29 is 96.6 Å². The number of hydrogen-bond donors (Lipinski definition) is 0.